The summed E-state index contributed by atoms with van der Waals surface area (Å²) < 4.78 is 7.01. The van der Waals surface area contributed by atoms with Crippen LogP contribution in [0.3, 0.4) is 0 Å². The van der Waals surface area contributed by atoms with Crippen molar-refractivity contribution in [2.24, 2.45) is 0 Å². The first-order chi connectivity index (χ1) is 10.1. The number of hydrogen-bond acceptors (Lipinski definition) is 3. The fourth-order valence-electron chi connectivity index (χ4n) is 1.95. The van der Waals surface area contributed by atoms with Crippen LogP contribution in [-0.2, 0) is 11.3 Å². The van der Waals surface area contributed by atoms with Crippen molar-refractivity contribution in [3.05, 3.63) is 54.7 Å². The zero-order chi connectivity index (χ0) is 15.4. The fourth-order valence-corrected chi connectivity index (χ4v) is 2.69. The van der Waals surface area contributed by atoms with Gasteiger partial charge in [0.05, 0.1) is 18.7 Å². The summed E-state index contributed by atoms with van der Waals surface area (Å²) in [6.45, 7) is 2.84. The third-order valence-electron chi connectivity index (χ3n) is 2.95. The molecule has 0 unspecified atom stereocenters. The second kappa shape index (κ2) is 7.06. The second-order valence-electron chi connectivity index (χ2n) is 4.25. The number of nitrogens with zero attached hydrogens (tertiary/aromatic N) is 1. The monoisotopic (exact) mass is 372 g/mol. The number of aromatic amines is 1. The van der Waals surface area contributed by atoms with E-state index in [0.29, 0.717) is 12.2 Å². The van der Waals surface area contributed by atoms with Crippen molar-refractivity contribution in [2.45, 2.75) is 13.5 Å². The molecule has 0 radical (unpaired) electrons. The van der Waals surface area contributed by atoms with Crippen LogP contribution in [0, 0.1) is 0 Å². The van der Waals surface area contributed by atoms with Gasteiger partial charge in [-0.2, -0.15) is 0 Å². The van der Waals surface area contributed by atoms with Crippen molar-refractivity contribution in [3.63, 3.8) is 0 Å². The second-order valence-corrected chi connectivity index (χ2v) is 5.48. The van der Waals surface area contributed by atoms with Gasteiger partial charge in [0.25, 0.3) is 5.56 Å². The van der Waals surface area contributed by atoms with Gasteiger partial charge in [-0.3, -0.25) is 14.3 Å². The number of rotatable bonds is 5. The number of ether oxygens (including phenoxy) is 1. The smallest absolute Gasteiger partial charge is 0.329 e. The lowest BCUT2D eigenvalue weighted by atomic mass is 10.1. The molecule has 0 atom stereocenters. The van der Waals surface area contributed by atoms with E-state index in [4.69, 9.17) is 16.3 Å². The summed E-state index contributed by atoms with van der Waals surface area (Å²) in [5.74, 6) is 0. The third kappa shape index (κ3) is 3.45. The Morgan fingerprint density at radius 1 is 1.33 bits per heavy atom. The molecule has 2 rings (SSSR count). The largest absolute Gasteiger partial charge is 0.380 e. The molecule has 7 heteroatoms. The molecular formula is C14H14BrClN2O3. The lowest BCUT2D eigenvalue weighted by Crippen LogP contribution is -2.37. The number of H-pyrrole nitrogens is 1. The van der Waals surface area contributed by atoms with Crippen molar-refractivity contribution in [1.82, 2.24) is 9.55 Å². The van der Waals surface area contributed by atoms with E-state index >= 15 is 0 Å². The van der Waals surface area contributed by atoms with Crippen molar-refractivity contribution >= 4 is 27.5 Å². The maximum Gasteiger partial charge on any atom is 0.329 e. The van der Waals surface area contributed by atoms with E-state index in [1.54, 1.807) is 18.2 Å². The van der Waals surface area contributed by atoms with Gasteiger partial charge in [-0.25, -0.2) is 4.79 Å². The Morgan fingerprint density at radius 3 is 2.71 bits per heavy atom. The highest BCUT2D eigenvalue weighted by molar-refractivity contribution is 9.10. The van der Waals surface area contributed by atoms with E-state index in [1.807, 2.05) is 13.0 Å². The molecule has 0 aliphatic heterocycles. The topological polar surface area (TPSA) is 64.1 Å². The van der Waals surface area contributed by atoms with Crippen LogP contribution in [0.1, 0.15) is 6.92 Å². The lowest BCUT2D eigenvalue weighted by molar-refractivity contribution is 0.137. The SMILES string of the molecule is CCOCCn1c(=O)[nH]c(Cl)c(-c2ccccc2Br)c1=O. The van der Waals surface area contributed by atoms with Crippen LogP contribution in [0.4, 0.5) is 0 Å². The van der Waals surface area contributed by atoms with Gasteiger partial charge in [0.1, 0.15) is 5.15 Å². The first-order valence-electron chi connectivity index (χ1n) is 6.41. The van der Waals surface area contributed by atoms with Gasteiger partial charge in [-0.1, -0.05) is 45.7 Å². The summed E-state index contributed by atoms with van der Waals surface area (Å²) in [4.78, 5) is 26.9. The molecule has 0 aliphatic rings. The Bertz CT molecular complexity index is 755. The Labute approximate surface area is 134 Å². The summed E-state index contributed by atoms with van der Waals surface area (Å²) in [6.07, 6.45) is 0. The van der Waals surface area contributed by atoms with Crippen LogP contribution in [0.25, 0.3) is 11.1 Å². The van der Waals surface area contributed by atoms with E-state index in [1.165, 1.54) is 0 Å². The summed E-state index contributed by atoms with van der Waals surface area (Å²) >= 11 is 9.44. The molecule has 0 bridgehead atoms. The summed E-state index contributed by atoms with van der Waals surface area (Å²) in [5.41, 5.74) is -0.0787. The van der Waals surface area contributed by atoms with Crippen LogP contribution in [0.15, 0.2) is 38.3 Å². The Kier molecular flexibility index (Phi) is 5.39. The first kappa shape index (κ1) is 16.0. The van der Waals surface area contributed by atoms with Crippen LogP contribution >= 0.6 is 27.5 Å². The average Bonchev–Trinajstić information content (AvgIpc) is 2.44. The Morgan fingerprint density at radius 2 is 2.05 bits per heavy atom. The molecule has 21 heavy (non-hydrogen) atoms. The molecule has 0 amide bonds. The molecule has 1 N–H and O–H groups in total. The molecule has 1 aromatic carbocycles. The van der Waals surface area contributed by atoms with Crippen molar-refractivity contribution < 1.29 is 4.74 Å². The molecule has 5 nitrogen and oxygen atoms in total. The molecular weight excluding hydrogens is 360 g/mol. The maximum absolute atomic E-state index is 12.5. The molecule has 1 heterocycles. The van der Waals surface area contributed by atoms with Gasteiger partial charge >= 0.3 is 5.69 Å². The number of nitrogens with one attached hydrogen (secondary N) is 1. The zero-order valence-corrected chi connectivity index (χ0v) is 13.7. The molecule has 0 spiro atoms. The molecule has 2 aromatic rings. The summed E-state index contributed by atoms with van der Waals surface area (Å²) in [5, 5.41) is 0.0320. The van der Waals surface area contributed by atoms with Gasteiger partial charge in [0.2, 0.25) is 0 Å². The molecule has 0 saturated carbocycles. The van der Waals surface area contributed by atoms with Gasteiger partial charge in [-0.15, -0.1) is 0 Å². The normalized spacial score (nSPS) is 10.8. The summed E-state index contributed by atoms with van der Waals surface area (Å²) in [6, 6.07) is 7.20. The van der Waals surface area contributed by atoms with Crippen LogP contribution in [0.5, 0.6) is 0 Å². The van der Waals surface area contributed by atoms with Crippen LogP contribution < -0.4 is 11.2 Å². The van der Waals surface area contributed by atoms with E-state index in [2.05, 4.69) is 20.9 Å². The molecule has 0 fully saturated rings. The molecule has 0 aliphatic carbocycles. The highest BCUT2D eigenvalue weighted by Crippen LogP contribution is 2.28. The fraction of sp³-hybridized carbons (Fsp3) is 0.286. The number of halogens is 2. The van der Waals surface area contributed by atoms with E-state index < -0.39 is 11.2 Å². The van der Waals surface area contributed by atoms with Gasteiger partial charge < -0.3 is 4.74 Å². The highest BCUT2D eigenvalue weighted by Gasteiger charge is 2.16. The number of hydrogen-bond donors (Lipinski definition) is 1. The quantitative estimate of drug-likeness (QED) is 0.647. The number of benzene rings is 1. The highest BCUT2D eigenvalue weighted by atomic mass is 79.9. The van der Waals surface area contributed by atoms with Crippen LogP contribution in [-0.4, -0.2) is 22.8 Å². The third-order valence-corrected chi connectivity index (χ3v) is 3.92. The molecule has 1 aromatic heterocycles. The summed E-state index contributed by atoms with van der Waals surface area (Å²) in [7, 11) is 0. The molecule has 0 saturated heterocycles. The Balaban J connectivity index is 2.57. The van der Waals surface area contributed by atoms with E-state index in [0.717, 1.165) is 9.04 Å². The van der Waals surface area contributed by atoms with E-state index in [-0.39, 0.29) is 23.9 Å². The molecule has 112 valence electrons. The van der Waals surface area contributed by atoms with Gasteiger partial charge in [0.15, 0.2) is 0 Å². The predicted molar refractivity (Wildman–Crippen MR) is 86.0 cm³/mol. The van der Waals surface area contributed by atoms with Crippen LogP contribution in [0.2, 0.25) is 5.15 Å². The zero-order valence-electron chi connectivity index (χ0n) is 11.4. The van der Waals surface area contributed by atoms with Gasteiger partial charge in [-0.05, 0) is 13.0 Å². The Hall–Kier alpha value is -1.37. The minimum absolute atomic E-state index is 0.0320. The van der Waals surface area contributed by atoms with Crippen molar-refractivity contribution in [3.8, 4) is 11.1 Å². The first-order valence-corrected chi connectivity index (χ1v) is 7.58. The minimum atomic E-state index is -0.541. The lowest BCUT2D eigenvalue weighted by Gasteiger charge is -2.10. The standard InChI is InChI=1S/C14H14BrClN2O3/c1-2-21-8-7-18-13(19)11(12(16)17-14(18)20)9-5-3-4-6-10(9)15/h3-6H,2,7-8H2,1H3,(H,17,20). The van der Waals surface area contributed by atoms with Crippen molar-refractivity contribution in [1.29, 1.82) is 0 Å². The average molecular weight is 374 g/mol. The van der Waals surface area contributed by atoms with Crippen molar-refractivity contribution in [2.75, 3.05) is 13.2 Å². The number of aromatic nitrogens is 2. The minimum Gasteiger partial charge on any atom is -0.380 e. The van der Waals surface area contributed by atoms with Gasteiger partial charge in [0, 0.05) is 16.6 Å². The van der Waals surface area contributed by atoms with E-state index in [9.17, 15) is 9.59 Å². The maximum atomic E-state index is 12.5. The predicted octanol–water partition coefficient (Wildman–Crippen LogP) is 2.66.